The summed E-state index contributed by atoms with van der Waals surface area (Å²) in [6.07, 6.45) is 0.439. The number of H-pyrrole nitrogens is 1. The number of aryl methyl sites for hydroxylation is 1. The van der Waals surface area contributed by atoms with E-state index < -0.39 is 6.09 Å². The highest BCUT2D eigenvalue weighted by Gasteiger charge is 2.25. The van der Waals surface area contributed by atoms with Crippen LogP contribution in [0.3, 0.4) is 0 Å². The van der Waals surface area contributed by atoms with E-state index in [0.717, 1.165) is 33.1 Å². The van der Waals surface area contributed by atoms with Crippen LogP contribution in [0.1, 0.15) is 21.6 Å². The van der Waals surface area contributed by atoms with Crippen LogP contribution in [0, 0.1) is 6.92 Å². The van der Waals surface area contributed by atoms with Crippen molar-refractivity contribution in [1.29, 1.82) is 0 Å². The molecular weight excluding hydrogens is 382 g/mol. The molecule has 144 valence electrons. The topological polar surface area (TPSA) is 67.0 Å². The number of ether oxygens (including phenoxy) is 1. The van der Waals surface area contributed by atoms with Crippen molar-refractivity contribution in [2.45, 2.75) is 19.9 Å². The van der Waals surface area contributed by atoms with Crippen LogP contribution in [0.2, 0.25) is 0 Å². The van der Waals surface area contributed by atoms with E-state index in [9.17, 15) is 4.79 Å². The van der Waals surface area contributed by atoms with Crippen molar-refractivity contribution in [3.8, 4) is 27.6 Å². The molecule has 0 aliphatic heterocycles. The number of hydrogen-bond acceptors (Lipinski definition) is 4. The first-order valence-corrected chi connectivity index (χ1v) is 10.3. The highest BCUT2D eigenvalue weighted by molar-refractivity contribution is 7.15. The Labute approximate surface area is 172 Å². The summed E-state index contributed by atoms with van der Waals surface area (Å²) in [6.45, 7) is 2.38. The van der Waals surface area contributed by atoms with Crippen LogP contribution >= 0.6 is 11.3 Å². The highest BCUT2D eigenvalue weighted by Crippen LogP contribution is 2.41. The number of nitrogens with zero attached hydrogens (tertiary/aromatic N) is 1. The molecule has 5 nitrogen and oxygen atoms in total. The third kappa shape index (κ3) is 3.43. The van der Waals surface area contributed by atoms with Gasteiger partial charge in [-0.3, -0.25) is 5.10 Å². The fourth-order valence-electron chi connectivity index (χ4n) is 3.65. The largest absolute Gasteiger partial charge is 0.412 e. The second-order valence-corrected chi connectivity index (χ2v) is 8.25. The van der Waals surface area contributed by atoms with E-state index in [1.807, 2.05) is 37.3 Å². The van der Waals surface area contributed by atoms with Crippen molar-refractivity contribution in [3.63, 3.8) is 0 Å². The summed E-state index contributed by atoms with van der Waals surface area (Å²) in [6, 6.07) is 19.9. The Bertz CT molecular complexity index is 1210. The molecule has 6 heteroatoms. The molecule has 0 bridgehead atoms. The summed E-state index contributed by atoms with van der Waals surface area (Å²) in [5.41, 5.74) is 6.93. The minimum atomic E-state index is -0.455. The molecule has 4 aromatic rings. The molecule has 1 amide bonds. The molecular formula is C23H19N3O2S. The molecule has 2 N–H and O–H groups in total. The van der Waals surface area contributed by atoms with Crippen LogP contribution in [0.4, 0.5) is 4.79 Å². The maximum Gasteiger partial charge on any atom is 0.412 e. The maximum absolute atomic E-state index is 12.1. The van der Waals surface area contributed by atoms with Gasteiger partial charge in [0.25, 0.3) is 0 Å². The summed E-state index contributed by atoms with van der Waals surface area (Å²) >= 11 is 1.64. The fourth-order valence-corrected chi connectivity index (χ4v) is 4.62. The van der Waals surface area contributed by atoms with Crippen molar-refractivity contribution in [1.82, 2.24) is 15.5 Å². The molecule has 1 aliphatic rings. The zero-order chi connectivity index (χ0) is 19.8. The second kappa shape index (κ2) is 7.22. The Morgan fingerprint density at radius 1 is 1.17 bits per heavy atom. The molecule has 0 unspecified atom stereocenters. The van der Waals surface area contributed by atoms with Crippen molar-refractivity contribution < 1.29 is 9.53 Å². The van der Waals surface area contributed by atoms with Crippen LogP contribution in [0.15, 0.2) is 60.7 Å². The number of carbonyl (C=O) groups is 1. The monoisotopic (exact) mass is 401 g/mol. The predicted octanol–water partition coefficient (Wildman–Crippen LogP) is 5.31. The minimum Gasteiger partial charge on any atom is -0.410 e. The van der Waals surface area contributed by atoms with E-state index in [-0.39, 0.29) is 0 Å². The van der Waals surface area contributed by atoms with E-state index in [0.29, 0.717) is 12.3 Å². The molecule has 2 heterocycles. The van der Waals surface area contributed by atoms with Gasteiger partial charge in [0.15, 0.2) is 0 Å². The summed E-state index contributed by atoms with van der Waals surface area (Å²) in [7, 11) is 0. The molecule has 0 radical (unpaired) electrons. The number of carbonyl (C=O) groups excluding carboxylic acids is 1. The van der Waals surface area contributed by atoms with Gasteiger partial charge in [-0.1, -0.05) is 36.4 Å². The number of amides is 1. The van der Waals surface area contributed by atoms with Gasteiger partial charge in [0.2, 0.25) is 0 Å². The van der Waals surface area contributed by atoms with E-state index in [1.54, 1.807) is 17.4 Å². The molecule has 0 atom stereocenters. The SMILES string of the molecule is Cc1cccc(OC(=O)NCc2ccc(-c3[nH]nc4c3Cc3ccccc3-4)s2)c1. The normalized spacial score (nSPS) is 11.8. The number of rotatable bonds is 4. The Balaban J connectivity index is 1.26. The first-order valence-electron chi connectivity index (χ1n) is 9.44. The van der Waals surface area contributed by atoms with Gasteiger partial charge in [-0.05, 0) is 42.3 Å². The molecule has 29 heavy (non-hydrogen) atoms. The van der Waals surface area contributed by atoms with Crippen molar-refractivity contribution >= 4 is 17.4 Å². The first kappa shape index (κ1) is 17.7. The average molecular weight is 401 g/mol. The smallest absolute Gasteiger partial charge is 0.410 e. The molecule has 0 spiro atoms. The van der Waals surface area contributed by atoms with E-state index in [2.05, 4.69) is 39.8 Å². The molecule has 5 rings (SSSR count). The maximum atomic E-state index is 12.1. The van der Waals surface area contributed by atoms with Crippen molar-refractivity contribution in [2.75, 3.05) is 0 Å². The Hall–Kier alpha value is -3.38. The lowest BCUT2D eigenvalue weighted by Crippen LogP contribution is -2.25. The molecule has 1 aliphatic carbocycles. The third-order valence-electron chi connectivity index (χ3n) is 5.02. The van der Waals surface area contributed by atoms with Gasteiger partial charge < -0.3 is 10.1 Å². The number of thiophene rings is 1. The summed E-state index contributed by atoms with van der Waals surface area (Å²) in [5, 5.41) is 10.6. The van der Waals surface area contributed by atoms with Crippen molar-refractivity contribution in [3.05, 3.63) is 82.2 Å². The third-order valence-corrected chi connectivity index (χ3v) is 6.12. The van der Waals surface area contributed by atoms with Gasteiger partial charge in [-0.15, -0.1) is 11.3 Å². The Morgan fingerprint density at radius 3 is 2.97 bits per heavy atom. The lowest BCUT2D eigenvalue weighted by Gasteiger charge is -2.06. The van der Waals surface area contributed by atoms with E-state index in [1.165, 1.54) is 16.7 Å². The van der Waals surface area contributed by atoms with Gasteiger partial charge in [-0.25, -0.2) is 4.79 Å². The number of fused-ring (bicyclic) bond motifs is 3. The van der Waals surface area contributed by atoms with E-state index >= 15 is 0 Å². The number of aromatic amines is 1. The lowest BCUT2D eigenvalue weighted by molar-refractivity contribution is 0.200. The summed E-state index contributed by atoms with van der Waals surface area (Å²) in [4.78, 5) is 14.2. The van der Waals surface area contributed by atoms with E-state index in [4.69, 9.17) is 4.74 Å². The Kier molecular flexibility index (Phi) is 4.41. The van der Waals surface area contributed by atoms with Crippen LogP contribution in [0.5, 0.6) is 5.75 Å². The van der Waals surface area contributed by atoms with Crippen LogP contribution in [-0.4, -0.2) is 16.3 Å². The van der Waals surface area contributed by atoms with Gasteiger partial charge >= 0.3 is 6.09 Å². The molecule has 2 aromatic heterocycles. The Morgan fingerprint density at radius 2 is 2.07 bits per heavy atom. The second-order valence-electron chi connectivity index (χ2n) is 7.09. The number of nitrogens with one attached hydrogen (secondary N) is 2. The van der Waals surface area contributed by atoms with Crippen LogP contribution < -0.4 is 10.1 Å². The van der Waals surface area contributed by atoms with Gasteiger partial charge in [-0.2, -0.15) is 5.10 Å². The summed E-state index contributed by atoms with van der Waals surface area (Å²) < 4.78 is 5.33. The lowest BCUT2D eigenvalue weighted by atomic mass is 10.1. The van der Waals surface area contributed by atoms with Gasteiger partial charge in [0, 0.05) is 22.4 Å². The zero-order valence-electron chi connectivity index (χ0n) is 15.9. The number of benzene rings is 2. The predicted molar refractivity (Wildman–Crippen MR) is 114 cm³/mol. The fraction of sp³-hybridized carbons (Fsp3) is 0.130. The quantitative estimate of drug-likeness (QED) is 0.429. The molecule has 0 saturated carbocycles. The first-order chi connectivity index (χ1) is 14.2. The highest BCUT2D eigenvalue weighted by atomic mass is 32.1. The number of aromatic nitrogens is 2. The van der Waals surface area contributed by atoms with Gasteiger partial charge in [0.05, 0.1) is 22.8 Å². The zero-order valence-corrected chi connectivity index (χ0v) is 16.7. The van der Waals surface area contributed by atoms with Gasteiger partial charge in [0.1, 0.15) is 5.75 Å². The van der Waals surface area contributed by atoms with Crippen molar-refractivity contribution in [2.24, 2.45) is 0 Å². The van der Waals surface area contributed by atoms with Crippen LogP contribution in [-0.2, 0) is 13.0 Å². The standard InChI is InChI=1S/C23H19N3O2S/c1-14-5-4-7-16(11-14)28-23(27)24-13-17-9-10-20(29-17)22-19-12-15-6-2-3-8-18(15)21(19)25-26-22/h2-11H,12-13H2,1H3,(H,24,27)(H,25,26). The summed E-state index contributed by atoms with van der Waals surface area (Å²) in [5.74, 6) is 0.543. The molecule has 2 aromatic carbocycles. The molecule has 0 saturated heterocycles. The number of hydrogen-bond donors (Lipinski definition) is 2. The van der Waals surface area contributed by atoms with Crippen LogP contribution in [0.25, 0.3) is 21.8 Å². The minimum absolute atomic E-state index is 0.422. The molecule has 0 fully saturated rings. The average Bonchev–Trinajstić information content (AvgIpc) is 3.41.